The highest BCUT2D eigenvalue weighted by atomic mass is 35.5. The normalized spacial score (nSPS) is 13.1. The zero-order valence-corrected chi connectivity index (χ0v) is 9.90. The lowest BCUT2D eigenvalue weighted by atomic mass is 10.1. The first-order chi connectivity index (χ1) is 6.74. The molecule has 2 nitrogen and oxygen atoms in total. The van der Waals surface area contributed by atoms with Crippen molar-refractivity contribution < 1.29 is 4.74 Å². The Kier molecular flexibility index (Phi) is 5.48. The maximum Gasteiger partial charge on any atom is 0.0931 e. The van der Waals surface area contributed by atoms with Crippen molar-refractivity contribution in [3.05, 3.63) is 21.3 Å². The summed E-state index contributed by atoms with van der Waals surface area (Å²) in [4.78, 5) is 1.16. The number of halogens is 1. The molecule has 0 aliphatic carbocycles. The second-order valence-electron chi connectivity index (χ2n) is 3.09. The minimum atomic E-state index is 0.105. The van der Waals surface area contributed by atoms with Crippen molar-refractivity contribution in [2.45, 2.75) is 25.8 Å². The van der Waals surface area contributed by atoms with Gasteiger partial charge in [-0.1, -0.05) is 11.6 Å². The van der Waals surface area contributed by atoms with Gasteiger partial charge < -0.3 is 10.5 Å². The van der Waals surface area contributed by atoms with Crippen molar-refractivity contribution in [2.24, 2.45) is 5.73 Å². The van der Waals surface area contributed by atoms with Crippen LogP contribution < -0.4 is 5.73 Å². The van der Waals surface area contributed by atoms with E-state index in [0.29, 0.717) is 0 Å². The maximum atomic E-state index is 5.99. The van der Waals surface area contributed by atoms with Gasteiger partial charge in [-0.3, -0.25) is 0 Å². The van der Waals surface area contributed by atoms with Crippen LogP contribution in [0.1, 0.15) is 30.7 Å². The molecule has 0 aliphatic heterocycles. The molecule has 0 saturated carbocycles. The third-order valence-corrected chi connectivity index (χ3v) is 3.33. The molecule has 0 radical (unpaired) electrons. The lowest BCUT2D eigenvalue weighted by molar-refractivity contribution is 0.142. The lowest BCUT2D eigenvalue weighted by Gasteiger charge is -2.08. The van der Waals surface area contributed by atoms with Crippen LogP contribution >= 0.6 is 22.9 Å². The molecule has 1 heterocycles. The Morgan fingerprint density at radius 2 is 2.36 bits per heavy atom. The van der Waals surface area contributed by atoms with E-state index in [1.165, 1.54) is 0 Å². The summed E-state index contributed by atoms with van der Waals surface area (Å²) in [6.45, 7) is 3.57. The highest BCUT2D eigenvalue weighted by molar-refractivity contribution is 7.16. The van der Waals surface area contributed by atoms with Gasteiger partial charge in [0.1, 0.15) is 0 Å². The van der Waals surface area contributed by atoms with E-state index in [9.17, 15) is 0 Å². The van der Waals surface area contributed by atoms with Crippen molar-refractivity contribution in [1.29, 1.82) is 0 Å². The fourth-order valence-electron chi connectivity index (χ4n) is 1.22. The third kappa shape index (κ3) is 3.96. The number of nitrogens with two attached hydrogens (primary N) is 1. The van der Waals surface area contributed by atoms with Crippen LogP contribution in [0.2, 0.25) is 4.34 Å². The summed E-state index contributed by atoms with van der Waals surface area (Å²) in [5.74, 6) is 0. The zero-order valence-electron chi connectivity index (χ0n) is 8.33. The fourth-order valence-corrected chi connectivity index (χ4v) is 2.32. The molecule has 0 fully saturated rings. The number of rotatable bonds is 6. The Morgan fingerprint density at radius 1 is 1.57 bits per heavy atom. The van der Waals surface area contributed by atoms with Crippen molar-refractivity contribution in [3.8, 4) is 0 Å². The monoisotopic (exact) mass is 233 g/mol. The first-order valence-corrected chi connectivity index (χ1v) is 6.02. The summed E-state index contributed by atoms with van der Waals surface area (Å²) in [7, 11) is 0. The van der Waals surface area contributed by atoms with E-state index in [1.54, 1.807) is 11.3 Å². The summed E-state index contributed by atoms with van der Waals surface area (Å²) in [6, 6.07) is 4.00. The van der Waals surface area contributed by atoms with E-state index < -0.39 is 0 Å². The Morgan fingerprint density at radius 3 is 2.93 bits per heavy atom. The Labute approximate surface area is 94.0 Å². The summed E-state index contributed by atoms with van der Waals surface area (Å²) in [6.07, 6.45) is 1.96. The van der Waals surface area contributed by atoms with E-state index in [-0.39, 0.29) is 6.04 Å². The Bertz CT molecular complexity index is 264. The lowest BCUT2D eigenvalue weighted by Crippen LogP contribution is -2.09. The summed E-state index contributed by atoms with van der Waals surface area (Å²) in [5, 5.41) is 0. The third-order valence-electron chi connectivity index (χ3n) is 1.97. The first kappa shape index (κ1) is 12.0. The predicted molar refractivity (Wildman–Crippen MR) is 62.0 cm³/mol. The largest absolute Gasteiger partial charge is 0.382 e. The smallest absolute Gasteiger partial charge is 0.0931 e. The van der Waals surface area contributed by atoms with Crippen molar-refractivity contribution >= 4 is 22.9 Å². The maximum absolute atomic E-state index is 5.99. The first-order valence-electron chi connectivity index (χ1n) is 4.82. The molecule has 0 spiro atoms. The van der Waals surface area contributed by atoms with E-state index in [2.05, 4.69) is 0 Å². The predicted octanol–water partition coefficient (Wildman–Crippen LogP) is 3.22. The molecule has 1 atom stereocenters. The van der Waals surface area contributed by atoms with Crippen molar-refractivity contribution in [3.63, 3.8) is 0 Å². The standard InChI is InChI=1S/C10H16ClNOS/c1-2-13-7-3-4-8(12)9-5-6-10(11)14-9/h5-6,8H,2-4,7,12H2,1H3. The van der Waals surface area contributed by atoms with Gasteiger partial charge in [0, 0.05) is 24.1 Å². The average molecular weight is 234 g/mol. The molecule has 1 aromatic heterocycles. The molecule has 4 heteroatoms. The van der Waals surface area contributed by atoms with Crippen molar-refractivity contribution in [2.75, 3.05) is 13.2 Å². The van der Waals surface area contributed by atoms with E-state index in [0.717, 1.165) is 35.3 Å². The summed E-state index contributed by atoms with van der Waals surface area (Å²) in [5.41, 5.74) is 5.99. The quantitative estimate of drug-likeness (QED) is 0.766. The summed E-state index contributed by atoms with van der Waals surface area (Å²) < 4.78 is 6.05. The average Bonchev–Trinajstić information content (AvgIpc) is 2.59. The fraction of sp³-hybridized carbons (Fsp3) is 0.600. The van der Waals surface area contributed by atoms with Crippen LogP contribution in [-0.2, 0) is 4.74 Å². The minimum absolute atomic E-state index is 0.105. The second-order valence-corrected chi connectivity index (χ2v) is 4.83. The van der Waals surface area contributed by atoms with Crippen LogP contribution in [0.25, 0.3) is 0 Å². The molecule has 0 aliphatic rings. The van der Waals surface area contributed by atoms with Gasteiger partial charge in [-0.15, -0.1) is 11.3 Å². The van der Waals surface area contributed by atoms with Crippen LogP contribution in [0.5, 0.6) is 0 Å². The summed E-state index contributed by atoms with van der Waals surface area (Å²) >= 11 is 7.39. The molecule has 0 saturated heterocycles. The van der Waals surface area contributed by atoms with Gasteiger partial charge in [-0.25, -0.2) is 0 Å². The molecule has 2 N–H and O–H groups in total. The topological polar surface area (TPSA) is 35.2 Å². The number of thiophene rings is 1. The van der Waals surface area contributed by atoms with Crippen LogP contribution in [-0.4, -0.2) is 13.2 Å². The van der Waals surface area contributed by atoms with Gasteiger partial charge in [0.05, 0.1) is 4.34 Å². The molecule has 0 aromatic carbocycles. The Balaban J connectivity index is 2.25. The number of hydrogen-bond donors (Lipinski definition) is 1. The molecule has 1 unspecified atom stereocenters. The van der Waals surface area contributed by atoms with Gasteiger partial charge >= 0.3 is 0 Å². The van der Waals surface area contributed by atoms with Gasteiger partial charge in [0.2, 0.25) is 0 Å². The van der Waals surface area contributed by atoms with Gasteiger partial charge in [-0.05, 0) is 31.9 Å². The van der Waals surface area contributed by atoms with Gasteiger partial charge in [-0.2, -0.15) is 0 Å². The van der Waals surface area contributed by atoms with Crippen LogP contribution in [0.15, 0.2) is 12.1 Å². The molecular formula is C10H16ClNOS. The molecular weight excluding hydrogens is 218 g/mol. The molecule has 14 heavy (non-hydrogen) atoms. The molecule has 80 valence electrons. The van der Waals surface area contributed by atoms with Crippen molar-refractivity contribution in [1.82, 2.24) is 0 Å². The van der Waals surface area contributed by atoms with E-state index in [4.69, 9.17) is 22.1 Å². The molecule has 1 rings (SSSR count). The van der Waals surface area contributed by atoms with E-state index >= 15 is 0 Å². The van der Waals surface area contributed by atoms with Crippen LogP contribution in [0.4, 0.5) is 0 Å². The molecule has 0 bridgehead atoms. The number of hydrogen-bond acceptors (Lipinski definition) is 3. The van der Waals surface area contributed by atoms with Gasteiger partial charge in [0.25, 0.3) is 0 Å². The molecule has 0 amide bonds. The van der Waals surface area contributed by atoms with Crippen LogP contribution in [0.3, 0.4) is 0 Å². The highest BCUT2D eigenvalue weighted by Gasteiger charge is 2.07. The second kappa shape index (κ2) is 6.40. The SMILES string of the molecule is CCOCCCC(N)c1ccc(Cl)s1. The molecule has 1 aromatic rings. The zero-order chi connectivity index (χ0) is 10.4. The van der Waals surface area contributed by atoms with E-state index in [1.807, 2.05) is 19.1 Å². The van der Waals surface area contributed by atoms with Gasteiger partial charge in [0.15, 0.2) is 0 Å². The number of ether oxygens (including phenoxy) is 1. The van der Waals surface area contributed by atoms with Crippen LogP contribution in [0, 0.1) is 0 Å². The highest BCUT2D eigenvalue weighted by Crippen LogP contribution is 2.27. The minimum Gasteiger partial charge on any atom is -0.382 e. The Hall–Kier alpha value is -0.0900.